The Morgan fingerprint density at radius 2 is 2.25 bits per heavy atom. The lowest BCUT2D eigenvalue weighted by Crippen LogP contribution is -2.57. The third-order valence-electron chi connectivity index (χ3n) is 2.67. The van der Waals surface area contributed by atoms with Crippen LogP contribution in [0.25, 0.3) is 0 Å². The molecule has 2 atom stereocenters. The molecule has 1 rings (SSSR count). The first-order valence-electron chi connectivity index (χ1n) is 4.90. The van der Waals surface area contributed by atoms with Gasteiger partial charge in [-0.3, -0.25) is 0 Å². The van der Waals surface area contributed by atoms with E-state index in [1.165, 1.54) is 6.42 Å². The number of ether oxygens (including phenoxy) is 1. The normalized spacial score (nSPS) is 31.5. The van der Waals surface area contributed by atoms with Gasteiger partial charge < -0.3 is 10.1 Å². The molecule has 1 fully saturated rings. The minimum absolute atomic E-state index is 0.159. The van der Waals surface area contributed by atoms with Crippen molar-refractivity contribution in [2.24, 2.45) is 5.92 Å². The molecule has 1 aliphatic rings. The Morgan fingerprint density at radius 1 is 1.58 bits per heavy atom. The molecule has 1 N–H and O–H groups in total. The van der Waals surface area contributed by atoms with Gasteiger partial charge in [0.2, 0.25) is 0 Å². The molecule has 0 saturated carbocycles. The van der Waals surface area contributed by atoms with Crippen molar-refractivity contribution in [3.63, 3.8) is 0 Å². The second-order valence-corrected chi connectivity index (χ2v) is 4.54. The predicted molar refractivity (Wildman–Crippen MR) is 51.3 cm³/mol. The molecule has 0 spiro atoms. The monoisotopic (exact) mass is 171 g/mol. The summed E-state index contributed by atoms with van der Waals surface area (Å²) in [4.78, 5) is 0. The zero-order valence-corrected chi connectivity index (χ0v) is 8.68. The van der Waals surface area contributed by atoms with Crippen molar-refractivity contribution in [3.05, 3.63) is 0 Å². The number of morpholine rings is 1. The number of rotatable bonds is 2. The van der Waals surface area contributed by atoms with Crippen molar-refractivity contribution in [3.8, 4) is 0 Å². The zero-order valence-electron chi connectivity index (χ0n) is 8.68. The van der Waals surface area contributed by atoms with Crippen LogP contribution in [0.5, 0.6) is 0 Å². The highest BCUT2D eigenvalue weighted by atomic mass is 16.5. The van der Waals surface area contributed by atoms with Crippen molar-refractivity contribution in [2.75, 3.05) is 13.2 Å². The smallest absolute Gasteiger partial charge is 0.0643 e. The van der Waals surface area contributed by atoms with Crippen molar-refractivity contribution < 1.29 is 4.74 Å². The summed E-state index contributed by atoms with van der Waals surface area (Å²) in [5.74, 6) is 0.713. The molecule has 0 aliphatic carbocycles. The Bertz CT molecular complexity index is 145. The molecule has 0 aromatic heterocycles. The van der Waals surface area contributed by atoms with E-state index in [1.54, 1.807) is 0 Å². The van der Waals surface area contributed by atoms with Gasteiger partial charge in [0.15, 0.2) is 0 Å². The maximum absolute atomic E-state index is 5.56. The van der Waals surface area contributed by atoms with Gasteiger partial charge in [0.25, 0.3) is 0 Å². The van der Waals surface area contributed by atoms with Gasteiger partial charge in [0.1, 0.15) is 0 Å². The molecule has 0 aromatic rings. The van der Waals surface area contributed by atoms with Crippen LogP contribution >= 0.6 is 0 Å². The summed E-state index contributed by atoms with van der Waals surface area (Å²) in [5.41, 5.74) is 0.159. The fraction of sp³-hybridized carbons (Fsp3) is 1.00. The van der Waals surface area contributed by atoms with Gasteiger partial charge in [-0.1, -0.05) is 20.3 Å². The molecular weight excluding hydrogens is 150 g/mol. The Balaban J connectivity index is 2.46. The number of hydrogen-bond acceptors (Lipinski definition) is 2. The van der Waals surface area contributed by atoms with Crippen molar-refractivity contribution in [1.29, 1.82) is 0 Å². The van der Waals surface area contributed by atoms with Gasteiger partial charge >= 0.3 is 0 Å². The van der Waals surface area contributed by atoms with Gasteiger partial charge in [0, 0.05) is 11.6 Å². The molecular formula is C10H21NO. The van der Waals surface area contributed by atoms with Crippen molar-refractivity contribution >= 4 is 0 Å². The molecule has 2 heteroatoms. The molecule has 0 aromatic carbocycles. The van der Waals surface area contributed by atoms with E-state index < -0.39 is 0 Å². The molecule has 12 heavy (non-hydrogen) atoms. The summed E-state index contributed by atoms with van der Waals surface area (Å²) in [5, 5.41) is 3.62. The summed E-state index contributed by atoms with van der Waals surface area (Å²) >= 11 is 0. The summed E-state index contributed by atoms with van der Waals surface area (Å²) in [6.07, 6.45) is 1.22. The second kappa shape index (κ2) is 3.75. The quantitative estimate of drug-likeness (QED) is 0.684. The van der Waals surface area contributed by atoms with E-state index in [4.69, 9.17) is 4.74 Å². The van der Waals surface area contributed by atoms with E-state index in [-0.39, 0.29) is 5.54 Å². The molecule has 2 nitrogen and oxygen atoms in total. The number of hydrogen-bond donors (Lipinski definition) is 1. The average Bonchev–Trinajstić information content (AvgIpc) is 2.01. The summed E-state index contributed by atoms with van der Waals surface area (Å²) in [6, 6.07) is 0.541. The summed E-state index contributed by atoms with van der Waals surface area (Å²) in [7, 11) is 0. The average molecular weight is 171 g/mol. The minimum atomic E-state index is 0.159. The Labute approximate surface area is 75.7 Å². The van der Waals surface area contributed by atoms with Crippen LogP contribution in [0.3, 0.4) is 0 Å². The highest BCUT2D eigenvalue weighted by Crippen LogP contribution is 2.17. The maximum Gasteiger partial charge on any atom is 0.0643 e. The minimum Gasteiger partial charge on any atom is -0.378 e. The molecule has 1 unspecified atom stereocenters. The van der Waals surface area contributed by atoms with Gasteiger partial charge in [-0.15, -0.1) is 0 Å². The van der Waals surface area contributed by atoms with Crippen LogP contribution in [0, 0.1) is 5.92 Å². The van der Waals surface area contributed by atoms with Gasteiger partial charge in [-0.25, -0.2) is 0 Å². The molecule has 1 aliphatic heterocycles. The van der Waals surface area contributed by atoms with Crippen LogP contribution in [0.2, 0.25) is 0 Å². The molecule has 1 heterocycles. The standard InChI is InChI=1S/C10H21NO/c1-5-8(2)9-6-12-7-10(3,4)11-9/h8-9,11H,5-7H2,1-4H3/t8?,9-/m1/s1. The SMILES string of the molecule is CCC(C)[C@H]1COCC(C)(C)N1. The Morgan fingerprint density at radius 3 is 2.75 bits per heavy atom. The zero-order chi connectivity index (χ0) is 9.19. The van der Waals surface area contributed by atoms with Crippen LogP contribution in [0.1, 0.15) is 34.1 Å². The van der Waals surface area contributed by atoms with Crippen molar-refractivity contribution in [1.82, 2.24) is 5.32 Å². The van der Waals surface area contributed by atoms with Crippen LogP contribution in [-0.4, -0.2) is 24.8 Å². The van der Waals surface area contributed by atoms with E-state index in [0.29, 0.717) is 12.0 Å². The first-order chi connectivity index (χ1) is 5.55. The van der Waals surface area contributed by atoms with E-state index in [0.717, 1.165) is 13.2 Å². The fourth-order valence-corrected chi connectivity index (χ4v) is 1.62. The maximum atomic E-state index is 5.56. The lowest BCUT2D eigenvalue weighted by atomic mass is 9.94. The van der Waals surface area contributed by atoms with Crippen LogP contribution in [0.15, 0.2) is 0 Å². The van der Waals surface area contributed by atoms with E-state index in [2.05, 4.69) is 33.0 Å². The fourth-order valence-electron chi connectivity index (χ4n) is 1.62. The van der Waals surface area contributed by atoms with Gasteiger partial charge in [-0.2, -0.15) is 0 Å². The first kappa shape index (κ1) is 10.0. The number of nitrogens with one attached hydrogen (secondary N) is 1. The van der Waals surface area contributed by atoms with Crippen LogP contribution in [-0.2, 0) is 4.74 Å². The molecule has 0 radical (unpaired) electrons. The lowest BCUT2D eigenvalue weighted by molar-refractivity contribution is -0.00150. The third kappa shape index (κ3) is 2.46. The Kier molecular flexibility index (Phi) is 3.13. The summed E-state index contributed by atoms with van der Waals surface area (Å²) in [6.45, 7) is 10.6. The Hall–Kier alpha value is -0.0800. The topological polar surface area (TPSA) is 21.3 Å². The highest BCUT2D eigenvalue weighted by molar-refractivity contribution is 4.87. The van der Waals surface area contributed by atoms with Crippen LogP contribution < -0.4 is 5.32 Å². The highest BCUT2D eigenvalue weighted by Gasteiger charge is 2.29. The first-order valence-corrected chi connectivity index (χ1v) is 4.90. The molecule has 0 amide bonds. The molecule has 72 valence electrons. The molecule has 1 saturated heterocycles. The van der Waals surface area contributed by atoms with Crippen LogP contribution in [0.4, 0.5) is 0 Å². The largest absolute Gasteiger partial charge is 0.378 e. The van der Waals surface area contributed by atoms with Gasteiger partial charge in [0.05, 0.1) is 13.2 Å². The second-order valence-electron chi connectivity index (χ2n) is 4.54. The van der Waals surface area contributed by atoms with Crippen molar-refractivity contribution in [2.45, 2.75) is 45.7 Å². The lowest BCUT2D eigenvalue weighted by Gasteiger charge is -2.39. The third-order valence-corrected chi connectivity index (χ3v) is 2.67. The van der Waals surface area contributed by atoms with Gasteiger partial charge in [-0.05, 0) is 19.8 Å². The predicted octanol–water partition coefficient (Wildman–Crippen LogP) is 1.80. The van der Waals surface area contributed by atoms with E-state index in [9.17, 15) is 0 Å². The molecule has 0 bridgehead atoms. The summed E-state index contributed by atoms with van der Waals surface area (Å²) < 4.78 is 5.56. The van der Waals surface area contributed by atoms with E-state index in [1.807, 2.05) is 0 Å². The van der Waals surface area contributed by atoms with E-state index >= 15 is 0 Å².